The van der Waals surface area contributed by atoms with Crippen LogP contribution in [0.3, 0.4) is 0 Å². The Labute approximate surface area is 198 Å². The first kappa shape index (κ1) is 35.4. The molecule has 0 aromatic heterocycles. The largest absolute Gasteiger partial charge is 0.483 e. The molecule has 0 saturated carbocycles. The van der Waals surface area contributed by atoms with Gasteiger partial charge in [0.15, 0.2) is 0 Å². The molecule has 32 heavy (non-hydrogen) atoms. The van der Waals surface area contributed by atoms with Gasteiger partial charge in [-0.15, -0.1) is 0 Å². The Balaban J connectivity index is -0.00000125. The first-order valence-corrected chi connectivity index (χ1v) is 13.2. The van der Waals surface area contributed by atoms with Gasteiger partial charge in [-0.05, 0) is 25.9 Å². The van der Waals surface area contributed by atoms with Crippen LogP contribution in [-0.2, 0) is 9.59 Å². The van der Waals surface area contributed by atoms with Crippen molar-refractivity contribution in [2.45, 2.75) is 129 Å². The standard InChI is InChI=1S/C24H51NO.2CH2O2/c1-3-5-7-9-11-12-13-14-15-16-18-20-22-25(23-24-26)21-19-17-10-8-6-4-2;2*2-1-3/h26H,3-24H2,1-2H3;2*1H,(H,2,3). The summed E-state index contributed by atoms with van der Waals surface area (Å²) in [5, 5.41) is 23.0. The van der Waals surface area contributed by atoms with Gasteiger partial charge in [0.05, 0.1) is 6.61 Å². The van der Waals surface area contributed by atoms with Gasteiger partial charge in [-0.25, -0.2) is 0 Å². The van der Waals surface area contributed by atoms with Crippen LogP contribution in [0.4, 0.5) is 0 Å². The van der Waals surface area contributed by atoms with E-state index in [-0.39, 0.29) is 12.9 Å². The molecular formula is C26H55NO5. The summed E-state index contributed by atoms with van der Waals surface area (Å²) in [6.07, 6.45) is 25.1. The van der Waals surface area contributed by atoms with Crippen LogP contribution in [0.1, 0.15) is 129 Å². The van der Waals surface area contributed by atoms with Crippen molar-refractivity contribution >= 4 is 12.9 Å². The minimum Gasteiger partial charge on any atom is -0.483 e. The normalized spacial score (nSPS) is 10.1. The number of carboxylic acid groups (broad SMARTS) is 2. The van der Waals surface area contributed by atoms with Crippen LogP contribution in [0, 0.1) is 0 Å². The molecule has 0 aromatic rings. The van der Waals surface area contributed by atoms with E-state index < -0.39 is 0 Å². The molecule has 6 heteroatoms. The molecule has 0 aromatic carbocycles. The summed E-state index contributed by atoms with van der Waals surface area (Å²) in [7, 11) is 0. The van der Waals surface area contributed by atoms with Gasteiger partial charge in [-0.3, -0.25) is 9.59 Å². The number of hydrogen-bond donors (Lipinski definition) is 3. The van der Waals surface area contributed by atoms with Crippen molar-refractivity contribution in [3.8, 4) is 0 Å². The number of rotatable bonds is 22. The van der Waals surface area contributed by atoms with E-state index in [4.69, 9.17) is 19.8 Å². The zero-order valence-corrected chi connectivity index (χ0v) is 21.3. The number of carbonyl (C=O) groups is 2. The fourth-order valence-corrected chi connectivity index (χ4v) is 3.77. The molecule has 0 fully saturated rings. The Morgan fingerprint density at radius 3 is 1.00 bits per heavy atom. The second kappa shape index (κ2) is 37.2. The summed E-state index contributed by atoms with van der Waals surface area (Å²) >= 11 is 0. The molecule has 0 amide bonds. The van der Waals surface area contributed by atoms with E-state index in [1.54, 1.807) is 0 Å². The lowest BCUT2D eigenvalue weighted by molar-refractivity contribution is -0.123. The van der Waals surface area contributed by atoms with E-state index >= 15 is 0 Å². The quantitative estimate of drug-likeness (QED) is 0.122. The number of aliphatic hydroxyl groups is 1. The number of nitrogens with zero attached hydrogens (tertiary/aromatic N) is 1. The van der Waals surface area contributed by atoms with E-state index in [0.29, 0.717) is 6.61 Å². The molecule has 0 saturated heterocycles. The lowest BCUT2D eigenvalue weighted by atomic mass is 10.1. The van der Waals surface area contributed by atoms with Crippen molar-refractivity contribution in [2.24, 2.45) is 0 Å². The molecule has 0 aliphatic rings. The third kappa shape index (κ3) is 39.3. The molecule has 0 rings (SSSR count). The molecule has 6 nitrogen and oxygen atoms in total. The van der Waals surface area contributed by atoms with Crippen molar-refractivity contribution in [1.29, 1.82) is 0 Å². The molecule has 0 aliphatic carbocycles. The predicted octanol–water partition coefficient (Wildman–Crippen LogP) is 6.74. The lowest BCUT2D eigenvalue weighted by Crippen LogP contribution is -2.29. The molecule has 0 aliphatic heterocycles. The second-order valence-electron chi connectivity index (χ2n) is 8.43. The molecule has 0 atom stereocenters. The highest BCUT2D eigenvalue weighted by molar-refractivity contribution is 5.33. The maximum Gasteiger partial charge on any atom is 0.290 e. The topological polar surface area (TPSA) is 98.1 Å². The van der Waals surface area contributed by atoms with Crippen molar-refractivity contribution in [1.82, 2.24) is 4.90 Å². The van der Waals surface area contributed by atoms with Gasteiger partial charge in [0.2, 0.25) is 0 Å². The lowest BCUT2D eigenvalue weighted by Gasteiger charge is -2.21. The third-order valence-corrected chi connectivity index (χ3v) is 5.57. The Kier molecular flexibility index (Phi) is 41.2. The molecule has 0 radical (unpaired) electrons. The predicted molar refractivity (Wildman–Crippen MR) is 135 cm³/mol. The van der Waals surface area contributed by atoms with Crippen molar-refractivity contribution in [2.75, 3.05) is 26.2 Å². The SMILES string of the molecule is CCCCCCCCCCCCCCN(CCO)CCCCCCCC.O=CO.O=CO. The Morgan fingerprint density at radius 2 is 0.750 bits per heavy atom. The van der Waals surface area contributed by atoms with E-state index in [0.717, 1.165) is 6.54 Å². The number of unbranched alkanes of at least 4 members (excludes halogenated alkanes) is 16. The molecule has 194 valence electrons. The van der Waals surface area contributed by atoms with E-state index in [1.165, 1.54) is 129 Å². The third-order valence-electron chi connectivity index (χ3n) is 5.57. The molecule has 0 unspecified atom stereocenters. The molecule has 3 N–H and O–H groups in total. The fraction of sp³-hybridized carbons (Fsp3) is 0.923. The van der Waals surface area contributed by atoms with Gasteiger partial charge in [0.25, 0.3) is 12.9 Å². The average Bonchev–Trinajstić information content (AvgIpc) is 2.78. The number of aliphatic hydroxyl groups excluding tert-OH is 1. The van der Waals surface area contributed by atoms with Gasteiger partial charge in [0, 0.05) is 6.54 Å². The summed E-state index contributed by atoms with van der Waals surface area (Å²) in [6, 6.07) is 0. The van der Waals surface area contributed by atoms with Gasteiger partial charge in [0.1, 0.15) is 0 Å². The Bertz CT molecular complexity index is 323. The summed E-state index contributed by atoms with van der Waals surface area (Å²) in [5.74, 6) is 0. The summed E-state index contributed by atoms with van der Waals surface area (Å²) in [5.41, 5.74) is 0. The first-order chi connectivity index (χ1) is 15.7. The van der Waals surface area contributed by atoms with Crippen LogP contribution in [0.2, 0.25) is 0 Å². The Morgan fingerprint density at radius 1 is 0.500 bits per heavy atom. The van der Waals surface area contributed by atoms with E-state index in [9.17, 15) is 5.11 Å². The van der Waals surface area contributed by atoms with Gasteiger partial charge in [-0.2, -0.15) is 0 Å². The van der Waals surface area contributed by atoms with Crippen molar-refractivity contribution in [3.63, 3.8) is 0 Å². The Hall–Kier alpha value is -1.14. The summed E-state index contributed by atoms with van der Waals surface area (Å²) in [4.78, 5) is 19.2. The van der Waals surface area contributed by atoms with E-state index in [2.05, 4.69) is 18.7 Å². The minimum absolute atomic E-state index is 0.250. The zero-order valence-electron chi connectivity index (χ0n) is 21.3. The molecule has 0 bridgehead atoms. The summed E-state index contributed by atoms with van der Waals surface area (Å²) in [6.45, 7) is 7.62. The van der Waals surface area contributed by atoms with Crippen LogP contribution < -0.4 is 0 Å². The average molecular weight is 462 g/mol. The molecule has 0 spiro atoms. The highest BCUT2D eigenvalue weighted by Gasteiger charge is 2.04. The van der Waals surface area contributed by atoms with Gasteiger partial charge in [-0.1, -0.05) is 117 Å². The van der Waals surface area contributed by atoms with Crippen molar-refractivity contribution < 1.29 is 24.9 Å². The van der Waals surface area contributed by atoms with E-state index in [1.807, 2.05) is 0 Å². The van der Waals surface area contributed by atoms with Crippen LogP contribution >= 0.6 is 0 Å². The van der Waals surface area contributed by atoms with Crippen LogP contribution in [0.15, 0.2) is 0 Å². The van der Waals surface area contributed by atoms with Crippen LogP contribution in [0.25, 0.3) is 0 Å². The van der Waals surface area contributed by atoms with Crippen molar-refractivity contribution in [3.05, 3.63) is 0 Å². The highest BCUT2D eigenvalue weighted by atomic mass is 16.3. The number of hydrogen-bond acceptors (Lipinski definition) is 4. The maximum absolute atomic E-state index is 9.26. The second-order valence-corrected chi connectivity index (χ2v) is 8.43. The maximum atomic E-state index is 9.26. The minimum atomic E-state index is -0.250. The van der Waals surface area contributed by atoms with Crippen LogP contribution in [0.5, 0.6) is 0 Å². The highest BCUT2D eigenvalue weighted by Crippen LogP contribution is 2.12. The smallest absolute Gasteiger partial charge is 0.290 e. The van der Waals surface area contributed by atoms with Crippen LogP contribution in [-0.4, -0.2) is 59.4 Å². The first-order valence-electron chi connectivity index (χ1n) is 13.2. The van der Waals surface area contributed by atoms with Gasteiger partial charge < -0.3 is 20.2 Å². The molecule has 0 heterocycles. The zero-order chi connectivity index (χ0) is 24.5. The summed E-state index contributed by atoms with van der Waals surface area (Å²) < 4.78 is 0. The fourth-order valence-electron chi connectivity index (χ4n) is 3.77. The van der Waals surface area contributed by atoms with Gasteiger partial charge >= 0.3 is 0 Å². The molecular weight excluding hydrogens is 406 g/mol. The monoisotopic (exact) mass is 461 g/mol.